The first-order valence-corrected chi connectivity index (χ1v) is 14.0. The molecule has 0 bridgehead atoms. The lowest BCUT2D eigenvalue weighted by molar-refractivity contribution is -0.141. The second-order valence-corrected chi connectivity index (χ2v) is 11.6. The number of hydrogen-bond acceptors (Lipinski definition) is 6. The lowest BCUT2D eigenvalue weighted by Crippen LogP contribution is -2.21. The topological polar surface area (TPSA) is 74.2 Å². The van der Waals surface area contributed by atoms with Crippen molar-refractivity contribution in [3.63, 3.8) is 0 Å². The average molecular weight is 585 g/mol. The first-order chi connectivity index (χ1) is 19.8. The van der Waals surface area contributed by atoms with E-state index < -0.39 is 23.4 Å². The molecule has 1 aliphatic heterocycles. The average Bonchev–Trinajstić information content (AvgIpc) is 3.51. The minimum atomic E-state index is -4.53. The number of rotatable bonds is 9. The Balaban J connectivity index is 1.41. The van der Waals surface area contributed by atoms with E-state index in [1.54, 1.807) is 38.1 Å². The van der Waals surface area contributed by atoms with Crippen LogP contribution in [-0.2, 0) is 22.1 Å². The van der Waals surface area contributed by atoms with Gasteiger partial charge in [0.2, 0.25) is 0 Å². The summed E-state index contributed by atoms with van der Waals surface area (Å²) in [4.78, 5) is 11.7. The van der Waals surface area contributed by atoms with E-state index in [1.807, 2.05) is 19.1 Å². The molecule has 1 N–H and O–H groups in total. The fourth-order valence-corrected chi connectivity index (χ4v) is 5.61. The fourth-order valence-electron chi connectivity index (χ4n) is 5.61. The molecule has 1 heterocycles. The van der Waals surface area contributed by atoms with E-state index in [0.717, 1.165) is 16.7 Å². The van der Waals surface area contributed by atoms with Crippen LogP contribution < -0.4 is 14.2 Å². The maximum atomic E-state index is 14.1. The molecule has 0 saturated carbocycles. The van der Waals surface area contributed by atoms with Crippen molar-refractivity contribution in [2.45, 2.75) is 70.3 Å². The Kier molecular flexibility index (Phi) is 8.16. The summed E-state index contributed by atoms with van der Waals surface area (Å²) in [6.45, 7) is 5.93. The van der Waals surface area contributed by atoms with Crippen LogP contribution in [0.25, 0.3) is 11.1 Å². The largest absolute Gasteiger partial charge is 0.493 e. The zero-order chi connectivity index (χ0) is 30.2. The molecule has 2 aliphatic rings. The highest BCUT2D eigenvalue weighted by molar-refractivity contribution is 5.74. The number of aliphatic hydroxyl groups is 1. The summed E-state index contributed by atoms with van der Waals surface area (Å²) in [5, 5.41) is 9.92. The summed E-state index contributed by atoms with van der Waals surface area (Å²) in [6.07, 6.45) is -3.34. The molecule has 0 fully saturated rings. The second-order valence-electron chi connectivity index (χ2n) is 11.6. The van der Waals surface area contributed by atoms with Gasteiger partial charge in [-0.3, -0.25) is 4.79 Å². The summed E-state index contributed by atoms with van der Waals surface area (Å²) in [6, 6.07) is 13.1. The van der Waals surface area contributed by atoms with Crippen LogP contribution in [0.3, 0.4) is 0 Å². The number of methoxy groups -OCH3 is 1. The lowest BCUT2D eigenvalue weighted by atomic mass is 9.91. The number of halogens is 3. The molecule has 42 heavy (non-hydrogen) atoms. The summed E-state index contributed by atoms with van der Waals surface area (Å²) in [7, 11) is 1.34. The third-order valence-electron chi connectivity index (χ3n) is 7.87. The van der Waals surface area contributed by atoms with Gasteiger partial charge in [0.15, 0.2) is 0 Å². The molecule has 1 aliphatic carbocycles. The van der Waals surface area contributed by atoms with Crippen LogP contribution in [0, 0.1) is 6.92 Å². The van der Waals surface area contributed by atoms with Crippen LogP contribution in [0.5, 0.6) is 17.2 Å². The van der Waals surface area contributed by atoms with Crippen molar-refractivity contribution < 1.29 is 42.0 Å². The lowest BCUT2D eigenvalue weighted by Gasteiger charge is -2.20. The van der Waals surface area contributed by atoms with Gasteiger partial charge in [0.05, 0.1) is 37.9 Å². The van der Waals surface area contributed by atoms with Crippen molar-refractivity contribution in [2.75, 3.05) is 20.3 Å². The van der Waals surface area contributed by atoms with E-state index in [9.17, 15) is 23.1 Å². The van der Waals surface area contributed by atoms with E-state index in [0.29, 0.717) is 66.4 Å². The van der Waals surface area contributed by atoms with Crippen molar-refractivity contribution in [2.24, 2.45) is 0 Å². The smallest absolute Gasteiger partial charge is 0.416 e. The number of fused-ring (bicyclic) bond motifs is 2. The van der Waals surface area contributed by atoms with Crippen LogP contribution in [0.2, 0.25) is 0 Å². The first kappa shape index (κ1) is 29.8. The zero-order valence-corrected chi connectivity index (χ0v) is 24.1. The highest BCUT2D eigenvalue weighted by atomic mass is 19.4. The number of benzene rings is 3. The number of alkyl halides is 3. The monoisotopic (exact) mass is 584 g/mol. The predicted molar refractivity (Wildman–Crippen MR) is 151 cm³/mol. The van der Waals surface area contributed by atoms with Gasteiger partial charge < -0.3 is 24.1 Å². The molecule has 5 rings (SSSR count). The maximum absolute atomic E-state index is 14.1. The summed E-state index contributed by atoms with van der Waals surface area (Å²) in [5.41, 5.74) is 2.69. The van der Waals surface area contributed by atoms with Gasteiger partial charge in [-0.1, -0.05) is 12.1 Å². The van der Waals surface area contributed by atoms with Crippen LogP contribution in [0.4, 0.5) is 13.2 Å². The van der Waals surface area contributed by atoms with Crippen molar-refractivity contribution in [3.05, 3.63) is 76.3 Å². The van der Waals surface area contributed by atoms with Gasteiger partial charge in [0.1, 0.15) is 23.4 Å². The van der Waals surface area contributed by atoms with Gasteiger partial charge in [-0.15, -0.1) is 0 Å². The Morgan fingerprint density at radius 1 is 1.02 bits per heavy atom. The minimum absolute atomic E-state index is 0.118. The van der Waals surface area contributed by atoms with Crippen LogP contribution in [0.15, 0.2) is 48.5 Å². The van der Waals surface area contributed by atoms with Crippen molar-refractivity contribution in [3.8, 4) is 28.4 Å². The molecule has 2 atom stereocenters. The van der Waals surface area contributed by atoms with Gasteiger partial charge in [0.25, 0.3) is 0 Å². The third-order valence-corrected chi connectivity index (χ3v) is 7.87. The molecule has 0 aromatic heterocycles. The SMILES string of the molecule is COC(=O)C[C@@H]1COc2cc(O[C@@H]3CCc4c(-c5ccc(OCCC(C)(C)O)cc5C)cc(C(F)(F)F)cc43)ccc21. The summed E-state index contributed by atoms with van der Waals surface area (Å²) < 4.78 is 64.8. The molecular weight excluding hydrogens is 549 g/mol. The molecule has 224 valence electrons. The number of ether oxygens (including phenoxy) is 4. The van der Waals surface area contributed by atoms with E-state index >= 15 is 0 Å². The van der Waals surface area contributed by atoms with Gasteiger partial charge in [0, 0.05) is 24.0 Å². The normalized spacial score (nSPS) is 17.8. The Bertz CT molecular complexity index is 1470. The van der Waals surface area contributed by atoms with Gasteiger partial charge in [-0.2, -0.15) is 13.2 Å². The van der Waals surface area contributed by atoms with Crippen molar-refractivity contribution in [1.82, 2.24) is 0 Å². The standard InChI is InChI=1S/C33H35F3O6/c1-19-13-22(40-12-11-32(2,3)38)5-7-24(19)27-15-21(33(34,35)36)16-28-26(27)9-10-29(28)42-23-6-8-25-20(14-31(37)39-4)18-41-30(25)17-23/h5-8,13,15-17,20,29,38H,9-12,14,18H2,1-4H3/t20-,29-/m1/s1. The van der Waals surface area contributed by atoms with Crippen LogP contribution in [-0.4, -0.2) is 37.0 Å². The molecule has 0 radical (unpaired) electrons. The third kappa shape index (κ3) is 6.51. The minimum Gasteiger partial charge on any atom is -0.493 e. The van der Waals surface area contributed by atoms with Crippen LogP contribution in [0.1, 0.15) is 72.9 Å². The Hall–Kier alpha value is -3.72. The van der Waals surface area contributed by atoms with E-state index in [2.05, 4.69) is 0 Å². The van der Waals surface area contributed by atoms with Crippen molar-refractivity contribution in [1.29, 1.82) is 0 Å². The molecule has 6 nitrogen and oxygen atoms in total. The number of carbonyl (C=O) groups is 1. The molecule has 0 spiro atoms. The first-order valence-electron chi connectivity index (χ1n) is 14.0. The van der Waals surface area contributed by atoms with Crippen molar-refractivity contribution >= 4 is 5.97 Å². The molecule has 3 aromatic rings. The Morgan fingerprint density at radius 2 is 1.79 bits per heavy atom. The number of aryl methyl sites for hydroxylation is 1. The predicted octanol–water partition coefficient (Wildman–Crippen LogP) is 7.33. The number of carbonyl (C=O) groups excluding carboxylic acids is 1. The van der Waals surface area contributed by atoms with Gasteiger partial charge >= 0.3 is 12.1 Å². The van der Waals surface area contributed by atoms with E-state index in [4.69, 9.17) is 18.9 Å². The highest BCUT2D eigenvalue weighted by Crippen LogP contribution is 2.46. The molecule has 0 amide bonds. The fraction of sp³-hybridized carbons (Fsp3) is 0.424. The number of esters is 1. The van der Waals surface area contributed by atoms with E-state index in [1.165, 1.54) is 19.2 Å². The molecule has 3 aromatic carbocycles. The second kappa shape index (κ2) is 11.5. The van der Waals surface area contributed by atoms with Crippen LogP contribution >= 0.6 is 0 Å². The summed E-state index contributed by atoms with van der Waals surface area (Å²) >= 11 is 0. The van der Waals surface area contributed by atoms with Gasteiger partial charge in [-0.25, -0.2) is 0 Å². The number of hydrogen-bond donors (Lipinski definition) is 1. The van der Waals surface area contributed by atoms with E-state index in [-0.39, 0.29) is 18.3 Å². The zero-order valence-electron chi connectivity index (χ0n) is 24.1. The highest BCUT2D eigenvalue weighted by Gasteiger charge is 2.36. The quantitative estimate of drug-likeness (QED) is 0.266. The summed E-state index contributed by atoms with van der Waals surface area (Å²) in [5.74, 6) is 1.25. The molecule has 0 unspecified atom stereocenters. The molecule has 9 heteroatoms. The molecule has 0 saturated heterocycles. The molecular formula is C33H35F3O6. The Labute approximate surface area is 243 Å². The maximum Gasteiger partial charge on any atom is 0.416 e. The van der Waals surface area contributed by atoms with Gasteiger partial charge in [-0.05, 0) is 91.8 Å². The Morgan fingerprint density at radius 3 is 2.48 bits per heavy atom.